The van der Waals surface area contributed by atoms with Gasteiger partial charge in [0.2, 0.25) is 9.84 Å². The molecule has 2 rings (SSSR count). The van der Waals surface area contributed by atoms with Crippen molar-refractivity contribution >= 4 is 21.2 Å². The summed E-state index contributed by atoms with van der Waals surface area (Å²) < 4.78 is 62.9. The van der Waals surface area contributed by atoms with E-state index in [1.807, 2.05) is 0 Å². The lowest BCUT2D eigenvalue weighted by Crippen LogP contribution is -2.09. The van der Waals surface area contributed by atoms with E-state index >= 15 is 0 Å². The number of sulfone groups is 1. The zero-order valence-corrected chi connectivity index (χ0v) is 11.4. The molecule has 0 bridgehead atoms. The molecule has 0 spiro atoms. The minimum absolute atomic E-state index is 0.191. The van der Waals surface area contributed by atoms with Gasteiger partial charge in [-0.25, -0.2) is 8.42 Å². The molecule has 0 unspecified atom stereocenters. The predicted octanol–water partition coefficient (Wildman–Crippen LogP) is 2.70. The molecule has 0 fully saturated rings. The van der Waals surface area contributed by atoms with Crippen molar-refractivity contribution in [1.29, 1.82) is 0 Å². The zero-order valence-electron chi connectivity index (χ0n) is 10.6. The number of hydrogen-bond acceptors (Lipinski definition) is 4. The predicted molar refractivity (Wildman–Crippen MR) is 72.2 cm³/mol. The van der Waals surface area contributed by atoms with Crippen molar-refractivity contribution in [3.8, 4) is 0 Å². The van der Waals surface area contributed by atoms with Crippen molar-refractivity contribution < 1.29 is 21.6 Å². The molecule has 0 saturated carbocycles. The van der Waals surface area contributed by atoms with Gasteiger partial charge in [0, 0.05) is 11.4 Å². The van der Waals surface area contributed by atoms with Crippen molar-refractivity contribution in [2.24, 2.45) is 0 Å². The van der Waals surface area contributed by atoms with E-state index in [0.29, 0.717) is 12.1 Å². The molecular formula is C13H11F3N2O2S. The molecule has 2 aromatic carbocycles. The fourth-order valence-corrected chi connectivity index (χ4v) is 3.15. The summed E-state index contributed by atoms with van der Waals surface area (Å²) >= 11 is 0. The SMILES string of the molecule is Nc1cccc(S(=O)(=O)c2cc(N)cc(C(F)(F)F)c2)c1. The van der Waals surface area contributed by atoms with Crippen molar-refractivity contribution in [3.63, 3.8) is 0 Å². The Morgan fingerprint density at radius 1 is 0.857 bits per heavy atom. The first-order valence-electron chi connectivity index (χ1n) is 5.69. The van der Waals surface area contributed by atoms with E-state index in [2.05, 4.69) is 0 Å². The van der Waals surface area contributed by atoms with Gasteiger partial charge in [0.1, 0.15) is 0 Å². The fourth-order valence-electron chi connectivity index (χ4n) is 1.76. The second-order valence-corrected chi connectivity index (χ2v) is 6.31. The number of anilines is 2. The molecule has 0 saturated heterocycles. The molecule has 2 aromatic rings. The van der Waals surface area contributed by atoms with Gasteiger partial charge < -0.3 is 11.5 Å². The van der Waals surface area contributed by atoms with Crippen LogP contribution in [0.1, 0.15) is 5.56 Å². The lowest BCUT2D eigenvalue weighted by Gasteiger charge is -2.11. The van der Waals surface area contributed by atoms with E-state index in [-0.39, 0.29) is 16.3 Å². The molecule has 0 aliphatic heterocycles. The van der Waals surface area contributed by atoms with Crippen LogP contribution in [0.15, 0.2) is 52.3 Å². The Morgan fingerprint density at radius 3 is 2.05 bits per heavy atom. The molecular weight excluding hydrogens is 305 g/mol. The Bertz CT molecular complexity index is 786. The maximum absolute atomic E-state index is 12.7. The molecule has 112 valence electrons. The highest BCUT2D eigenvalue weighted by atomic mass is 32.2. The zero-order chi connectivity index (χ0) is 15.8. The number of rotatable bonds is 2. The Labute approximate surface area is 119 Å². The number of benzene rings is 2. The molecule has 0 aliphatic carbocycles. The van der Waals surface area contributed by atoms with Crippen LogP contribution in [0.3, 0.4) is 0 Å². The average Bonchev–Trinajstić information content (AvgIpc) is 2.37. The topological polar surface area (TPSA) is 86.2 Å². The summed E-state index contributed by atoms with van der Waals surface area (Å²) in [5.74, 6) is 0. The van der Waals surface area contributed by atoms with Crippen molar-refractivity contribution in [3.05, 3.63) is 48.0 Å². The smallest absolute Gasteiger partial charge is 0.399 e. The first-order chi connectivity index (χ1) is 9.60. The number of nitrogen functional groups attached to an aromatic ring is 2. The van der Waals surface area contributed by atoms with E-state index in [0.717, 1.165) is 6.07 Å². The van der Waals surface area contributed by atoms with Crippen LogP contribution in [0.5, 0.6) is 0 Å². The number of alkyl halides is 3. The molecule has 0 atom stereocenters. The number of hydrogen-bond donors (Lipinski definition) is 2. The van der Waals surface area contributed by atoms with Gasteiger partial charge in [-0.05, 0) is 36.4 Å². The third-order valence-corrected chi connectivity index (χ3v) is 4.47. The third kappa shape index (κ3) is 3.10. The first-order valence-corrected chi connectivity index (χ1v) is 7.17. The average molecular weight is 316 g/mol. The molecule has 0 radical (unpaired) electrons. The normalized spacial score (nSPS) is 12.3. The van der Waals surface area contributed by atoms with Gasteiger partial charge in [0.15, 0.2) is 0 Å². The number of nitrogens with two attached hydrogens (primary N) is 2. The molecule has 0 amide bonds. The highest BCUT2D eigenvalue weighted by Gasteiger charge is 2.32. The van der Waals surface area contributed by atoms with E-state index in [1.54, 1.807) is 0 Å². The second kappa shape index (κ2) is 4.96. The second-order valence-electron chi connectivity index (χ2n) is 4.36. The highest BCUT2D eigenvalue weighted by molar-refractivity contribution is 7.91. The summed E-state index contributed by atoms with van der Waals surface area (Å²) in [6.07, 6.45) is -4.69. The summed E-state index contributed by atoms with van der Waals surface area (Å²) in [5.41, 5.74) is 9.65. The van der Waals surface area contributed by atoms with Crippen LogP contribution in [-0.2, 0) is 16.0 Å². The van der Waals surface area contributed by atoms with Crippen LogP contribution in [0.4, 0.5) is 24.5 Å². The molecule has 8 heteroatoms. The van der Waals surface area contributed by atoms with E-state index in [1.165, 1.54) is 24.3 Å². The van der Waals surface area contributed by atoms with E-state index in [9.17, 15) is 21.6 Å². The lowest BCUT2D eigenvalue weighted by atomic mass is 10.2. The van der Waals surface area contributed by atoms with Crippen LogP contribution in [-0.4, -0.2) is 8.42 Å². The summed E-state index contributed by atoms with van der Waals surface area (Å²) in [7, 11) is -4.13. The summed E-state index contributed by atoms with van der Waals surface area (Å²) in [6.45, 7) is 0. The summed E-state index contributed by atoms with van der Waals surface area (Å²) in [6, 6.07) is 7.51. The van der Waals surface area contributed by atoms with E-state index in [4.69, 9.17) is 11.5 Å². The molecule has 21 heavy (non-hydrogen) atoms. The van der Waals surface area contributed by atoms with Crippen LogP contribution < -0.4 is 11.5 Å². The Morgan fingerprint density at radius 2 is 1.48 bits per heavy atom. The monoisotopic (exact) mass is 316 g/mol. The molecule has 0 heterocycles. The molecule has 4 nitrogen and oxygen atoms in total. The quantitative estimate of drug-likeness (QED) is 0.834. The van der Waals surface area contributed by atoms with Gasteiger partial charge in [0.25, 0.3) is 0 Å². The van der Waals surface area contributed by atoms with Crippen molar-refractivity contribution in [2.75, 3.05) is 11.5 Å². The maximum atomic E-state index is 12.7. The fraction of sp³-hybridized carbons (Fsp3) is 0.0769. The molecule has 0 aliphatic rings. The highest BCUT2D eigenvalue weighted by Crippen LogP contribution is 2.34. The van der Waals surface area contributed by atoms with Gasteiger partial charge in [-0.3, -0.25) is 0 Å². The molecule has 0 aromatic heterocycles. The van der Waals surface area contributed by atoms with Gasteiger partial charge in [0.05, 0.1) is 15.4 Å². The molecule has 4 N–H and O–H groups in total. The van der Waals surface area contributed by atoms with Crippen LogP contribution >= 0.6 is 0 Å². The maximum Gasteiger partial charge on any atom is 0.416 e. The van der Waals surface area contributed by atoms with Gasteiger partial charge in [-0.15, -0.1) is 0 Å². The number of halogens is 3. The van der Waals surface area contributed by atoms with Crippen molar-refractivity contribution in [1.82, 2.24) is 0 Å². The minimum Gasteiger partial charge on any atom is -0.399 e. The van der Waals surface area contributed by atoms with Crippen molar-refractivity contribution in [2.45, 2.75) is 16.0 Å². The van der Waals surface area contributed by atoms with Crippen LogP contribution in [0.2, 0.25) is 0 Å². The van der Waals surface area contributed by atoms with Gasteiger partial charge >= 0.3 is 6.18 Å². The Hall–Kier alpha value is -2.22. The largest absolute Gasteiger partial charge is 0.416 e. The summed E-state index contributed by atoms with van der Waals surface area (Å²) in [4.78, 5) is -0.721. The van der Waals surface area contributed by atoms with E-state index < -0.39 is 26.5 Å². The summed E-state index contributed by atoms with van der Waals surface area (Å²) in [5, 5.41) is 0. The minimum atomic E-state index is -4.69. The van der Waals surface area contributed by atoms with Crippen LogP contribution in [0, 0.1) is 0 Å². The standard InChI is InChI=1S/C13H11F3N2O2S/c14-13(15,16)8-4-10(18)7-12(5-8)21(19,20)11-3-1-2-9(17)6-11/h1-7H,17-18H2. The Balaban J connectivity index is 2.63. The lowest BCUT2D eigenvalue weighted by molar-refractivity contribution is -0.137. The van der Waals surface area contributed by atoms with Gasteiger partial charge in [-0.2, -0.15) is 13.2 Å². The van der Waals surface area contributed by atoms with Gasteiger partial charge in [-0.1, -0.05) is 6.07 Å². The van der Waals surface area contributed by atoms with Crippen LogP contribution in [0.25, 0.3) is 0 Å². The first kappa shape index (κ1) is 15.2. The third-order valence-electron chi connectivity index (χ3n) is 2.73. The Kier molecular flexibility index (Phi) is 3.58.